The van der Waals surface area contributed by atoms with Crippen LogP contribution in [0.25, 0.3) is 0 Å². The van der Waals surface area contributed by atoms with E-state index >= 15 is 0 Å². The third-order valence-electron chi connectivity index (χ3n) is 2.97. The minimum atomic E-state index is -1.07. The summed E-state index contributed by atoms with van der Waals surface area (Å²) in [5.41, 5.74) is 5.54. The Balaban J connectivity index is 2.83. The molecule has 0 fully saturated rings. The molecule has 20 heavy (non-hydrogen) atoms. The second kappa shape index (κ2) is 6.74. The zero-order valence-electron chi connectivity index (χ0n) is 11.5. The molecule has 0 aliphatic carbocycles. The number of aryl methyl sites for hydroxylation is 1. The van der Waals surface area contributed by atoms with E-state index in [1.807, 2.05) is 6.92 Å². The Bertz CT molecular complexity index is 522. The molecule has 7 heteroatoms. The van der Waals surface area contributed by atoms with Gasteiger partial charge in [0, 0.05) is 13.2 Å². The Morgan fingerprint density at radius 3 is 2.55 bits per heavy atom. The molecule has 1 aromatic heterocycles. The van der Waals surface area contributed by atoms with E-state index < -0.39 is 23.8 Å². The minimum absolute atomic E-state index is 0.196. The lowest BCUT2D eigenvalue weighted by Crippen LogP contribution is -2.41. The van der Waals surface area contributed by atoms with Gasteiger partial charge in [-0.3, -0.25) is 9.59 Å². The summed E-state index contributed by atoms with van der Waals surface area (Å²) in [7, 11) is 1.59. The van der Waals surface area contributed by atoms with Crippen LogP contribution in [-0.2, 0) is 11.8 Å². The third-order valence-corrected chi connectivity index (χ3v) is 2.97. The number of aliphatic carboxylic acids is 1. The molecule has 1 heterocycles. The molecular formula is C13H19N3O4. The van der Waals surface area contributed by atoms with Crippen molar-refractivity contribution < 1.29 is 19.5 Å². The maximum absolute atomic E-state index is 12.0. The van der Waals surface area contributed by atoms with Crippen LogP contribution < -0.4 is 11.1 Å². The Labute approximate surface area is 116 Å². The van der Waals surface area contributed by atoms with E-state index in [1.54, 1.807) is 7.05 Å². The first-order chi connectivity index (χ1) is 9.36. The van der Waals surface area contributed by atoms with E-state index in [0.717, 1.165) is 6.42 Å². The number of carboxylic acids is 1. The normalized spacial score (nSPS) is 11.9. The summed E-state index contributed by atoms with van der Waals surface area (Å²) >= 11 is 0. The molecule has 1 aromatic rings. The zero-order valence-corrected chi connectivity index (χ0v) is 11.5. The first-order valence-corrected chi connectivity index (χ1v) is 6.36. The fraction of sp³-hybridized carbons (Fsp3) is 0.462. The van der Waals surface area contributed by atoms with Gasteiger partial charge in [-0.05, 0) is 12.5 Å². The summed E-state index contributed by atoms with van der Waals surface area (Å²) in [5.74, 6) is -2.25. The summed E-state index contributed by atoms with van der Waals surface area (Å²) in [6.45, 7) is 1.94. The van der Waals surface area contributed by atoms with Crippen molar-refractivity contribution in [3.05, 3.63) is 23.5 Å². The molecule has 1 rings (SSSR count). The van der Waals surface area contributed by atoms with Gasteiger partial charge in [0.25, 0.3) is 5.91 Å². The first-order valence-electron chi connectivity index (χ1n) is 6.36. The average Bonchev–Trinajstić information content (AvgIpc) is 2.76. The molecule has 0 saturated heterocycles. The Hall–Kier alpha value is -2.31. The van der Waals surface area contributed by atoms with Crippen LogP contribution in [0.2, 0.25) is 0 Å². The molecule has 0 spiro atoms. The lowest BCUT2D eigenvalue weighted by atomic mass is 10.1. The van der Waals surface area contributed by atoms with Gasteiger partial charge in [-0.2, -0.15) is 0 Å². The van der Waals surface area contributed by atoms with E-state index in [0.29, 0.717) is 12.8 Å². The van der Waals surface area contributed by atoms with Crippen LogP contribution in [0.1, 0.15) is 47.0 Å². The number of hydrogen-bond donors (Lipinski definition) is 3. The van der Waals surface area contributed by atoms with Crippen molar-refractivity contribution in [3.8, 4) is 0 Å². The van der Waals surface area contributed by atoms with E-state index in [1.165, 1.54) is 16.8 Å². The van der Waals surface area contributed by atoms with Crippen LogP contribution in [0, 0.1) is 0 Å². The summed E-state index contributed by atoms with van der Waals surface area (Å²) in [6, 6.07) is 0.408. The fourth-order valence-electron chi connectivity index (χ4n) is 1.82. The summed E-state index contributed by atoms with van der Waals surface area (Å²) in [4.78, 5) is 34.2. The van der Waals surface area contributed by atoms with Crippen LogP contribution in [0.3, 0.4) is 0 Å². The Morgan fingerprint density at radius 2 is 2.10 bits per heavy atom. The number of hydrogen-bond acceptors (Lipinski definition) is 3. The summed E-state index contributed by atoms with van der Waals surface area (Å²) in [6.07, 6.45) is 3.34. The first kappa shape index (κ1) is 15.7. The molecule has 0 unspecified atom stereocenters. The molecule has 7 nitrogen and oxygen atoms in total. The molecule has 0 saturated carbocycles. The van der Waals surface area contributed by atoms with E-state index in [2.05, 4.69) is 5.32 Å². The van der Waals surface area contributed by atoms with E-state index in [9.17, 15) is 14.4 Å². The van der Waals surface area contributed by atoms with Gasteiger partial charge in [-0.25, -0.2) is 4.79 Å². The summed E-state index contributed by atoms with van der Waals surface area (Å²) < 4.78 is 1.44. The predicted molar refractivity (Wildman–Crippen MR) is 72.3 cm³/mol. The second-order valence-corrected chi connectivity index (χ2v) is 4.60. The molecule has 110 valence electrons. The van der Waals surface area contributed by atoms with Gasteiger partial charge in [0.15, 0.2) is 0 Å². The van der Waals surface area contributed by atoms with Crippen molar-refractivity contribution in [3.63, 3.8) is 0 Å². The van der Waals surface area contributed by atoms with Crippen LogP contribution in [0.4, 0.5) is 0 Å². The van der Waals surface area contributed by atoms with Crippen molar-refractivity contribution in [2.45, 2.75) is 32.2 Å². The third kappa shape index (κ3) is 3.84. The highest BCUT2D eigenvalue weighted by atomic mass is 16.4. The zero-order chi connectivity index (χ0) is 15.3. The molecule has 2 amide bonds. The average molecular weight is 281 g/mol. The van der Waals surface area contributed by atoms with Crippen molar-refractivity contribution >= 4 is 17.8 Å². The van der Waals surface area contributed by atoms with Gasteiger partial charge >= 0.3 is 5.97 Å². The number of carboxylic acid groups (broad SMARTS) is 1. The van der Waals surface area contributed by atoms with Crippen LogP contribution in [-0.4, -0.2) is 33.5 Å². The molecule has 0 aromatic carbocycles. The highest BCUT2D eigenvalue weighted by Crippen LogP contribution is 2.08. The maximum Gasteiger partial charge on any atom is 0.326 e. The monoisotopic (exact) mass is 281 g/mol. The van der Waals surface area contributed by atoms with Crippen LogP contribution in [0.15, 0.2) is 12.3 Å². The Morgan fingerprint density at radius 1 is 1.45 bits per heavy atom. The van der Waals surface area contributed by atoms with Crippen LogP contribution in [0.5, 0.6) is 0 Å². The highest BCUT2D eigenvalue weighted by molar-refractivity contribution is 5.99. The van der Waals surface area contributed by atoms with Gasteiger partial charge in [0.1, 0.15) is 11.7 Å². The predicted octanol–water partition coefficient (Wildman–Crippen LogP) is 0.497. The molecular weight excluding hydrogens is 262 g/mol. The van der Waals surface area contributed by atoms with Gasteiger partial charge in [0.2, 0.25) is 5.91 Å². The number of carbonyl (C=O) groups is 3. The number of nitrogens with one attached hydrogen (secondary N) is 1. The second-order valence-electron chi connectivity index (χ2n) is 4.60. The SMILES string of the molecule is CCCC[C@H](NC(=O)c1cc(C(N)=O)cn1C)C(=O)O. The standard InChI is InChI=1S/C13H19N3O4/c1-3-4-5-9(13(19)20)15-12(18)10-6-8(11(14)17)7-16(10)2/h6-7,9H,3-5H2,1-2H3,(H2,14,17)(H,15,18)(H,19,20)/t9-/m0/s1. The fourth-order valence-corrected chi connectivity index (χ4v) is 1.82. The van der Waals surface area contributed by atoms with Gasteiger partial charge < -0.3 is 20.7 Å². The number of rotatable bonds is 7. The van der Waals surface area contributed by atoms with Crippen molar-refractivity contribution in [2.75, 3.05) is 0 Å². The highest BCUT2D eigenvalue weighted by Gasteiger charge is 2.22. The smallest absolute Gasteiger partial charge is 0.326 e. The number of aromatic nitrogens is 1. The quantitative estimate of drug-likeness (QED) is 0.675. The number of amides is 2. The van der Waals surface area contributed by atoms with Gasteiger partial charge in [0.05, 0.1) is 5.56 Å². The summed E-state index contributed by atoms with van der Waals surface area (Å²) in [5, 5.41) is 11.5. The van der Waals surface area contributed by atoms with E-state index in [-0.39, 0.29) is 11.3 Å². The minimum Gasteiger partial charge on any atom is -0.480 e. The largest absolute Gasteiger partial charge is 0.480 e. The number of primary amides is 1. The number of nitrogens with two attached hydrogens (primary N) is 1. The molecule has 4 N–H and O–H groups in total. The van der Waals surface area contributed by atoms with Crippen molar-refractivity contribution in [2.24, 2.45) is 12.8 Å². The molecule has 0 aliphatic rings. The van der Waals surface area contributed by atoms with Gasteiger partial charge in [-0.15, -0.1) is 0 Å². The Kier molecular flexibility index (Phi) is 5.31. The number of unbranched alkanes of at least 4 members (excludes halogenated alkanes) is 1. The maximum atomic E-state index is 12.0. The van der Waals surface area contributed by atoms with E-state index in [4.69, 9.17) is 10.8 Å². The number of carbonyl (C=O) groups excluding carboxylic acids is 2. The lowest BCUT2D eigenvalue weighted by Gasteiger charge is -2.14. The van der Waals surface area contributed by atoms with Gasteiger partial charge in [-0.1, -0.05) is 19.8 Å². The molecule has 0 radical (unpaired) electrons. The molecule has 0 bridgehead atoms. The topological polar surface area (TPSA) is 114 Å². The molecule has 0 aliphatic heterocycles. The number of nitrogens with zero attached hydrogens (tertiary/aromatic N) is 1. The van der Waals surface area contributed by atoms with Crippen molar-refractivity contribution in [1.82, 2.24) is 9.88 Å². The van der Waals surface area contributed by atoms with Crippen molar-refractivity contribution in [1.29, 1.82) is 0 Å². The molecule has 1 atom stereocenters. The lowest BCUT2D eigenvalue weighted by molar-refractivity contribution is -0.139. The van der Waals surface area contributed by atoms with Crippen LogP contribution >= 0.6 is 0 Å².